The van der Waals surface area contributed by atoms with Gasteiger partial charge in [-0.3, -0.25) is 4.79 Å². The van der Waals surface area contributed by atoms with Gasteiger partial charge in [0.2, 0.25) is 0 Å². The van der Waals surface area contributed by atoms with Crippen molar-refractivity contribution in [1.29, 1.82) is 0 Å². The van der Waals surface area contributed by atoms with Crippen LogP contribution in [0.5, 0.6) is 0 Å². The molecule has 2 amide bonds. The van der Waals surface area contributed by atoms with E-state index in [1.165, 1.54) is 16.2 Å². The van der Waals surface area contributed by atoms with Crippen LogP contribution in [-0.2, 0) is 13.0 Å². The molecule has 0 saturated heterocycles. The summed E-state index contributed by atoms with van der Waals surface area (Å²) in [6, 6.07) is 1.45. The second-order valence-electron chi connectivity index (χ2n) is 5.35. The largest absolute Gasteiger partial charge is 0.359 e. The molecule has 0 aromatic carbocycles. The number of urea groups is 1. The van der Waals surface area contributed by atoms with Gasteiger partial charge in [0.05, 0.1) is 12.1 Å². The van der Waals surface area contributed by atoms with E-state index in [0.29, 0.717) is 39.6 Å². The lowest BCUT2D eigenvalue weighted by molar-refractivity contribution is 0.219. The van der Waals surface area contributed by atoms with E-state index in [1.54, 1.807) is 20.0 Å². The number of anilines is 1. The summed E-state index contributed by atoms with van der Waals surface area (Å²) in [6.07, 6.45) is 0.629. The summed E-state index contributed by atoms with van der Waals surface area (Å²) in [6.45, 7) is 3.87. The van der Waals surface area contributed by atoms with Gasteiger partial charge in [-0.1, -0.05) is 12.1 Å². The number of hydrogen-bond donors (Lipinski definition) is 2. The van der Waals surface area contributed by atoms with Crippen LogP contribution in [0, 0.1) is 6.92 Å². The predicted molar refractivity (Wildman–Crippen MR) is 91.3 cm³/mol. The lowest BCUT2D eigenvalue weighted by atomic mass is 10.2. The topological polar surface area (TPSA) is 104 Å². The number of rotatable bonds is 4. The van der Waals surface area contributed by atoms with Crippen LogP contribution in [0.25, 0.3) is 10.2 Å². The fourth-order valence-corrected chi connectivity index (χ4v) is 3.04. The van der Waals surface area contributed by atoms with Crippen LogP contribution in [0.1, 0.15) is 24.2 Å². The molecule has 3 aromatic heterocycles. The molecule has 0 bridgehead atoms. The molecule has 0 aliphatic rings. The maximum Gasteiger partial charge on any atom is 0.322 e. The van der Waals surface area contributed by atoms with Gasteiger partial charge < -0.3 is 19.7 Å². The number of carbonyl (C=O) groups is 1. The third-order valence-corrected chi connectivity index (χ3v) is 4.49. The van der Waals surface area contributed by atoms with Crippen LogP contribution in [-0.4, -0.2) is 33.1 Å². The summed E-state index contributed by atoms with van der Waals surface area (Å²) in [4.78, 5) is 32.8. The van der Waals surface area contributed by atoms with Crippen molar-refractivity contribution < 1.29 is 9.32 Å². The molecular weight excluding hydrogens is 330 g/mol. The fraction of sp³-hybridized carbons (Fsp3) is 0.333. The SMILES string of the molecule is CCc1onc(C)c1NC(=O)N(C)Cc1nc2ccsc2c(=O)[nH]1. The van der Waals surface area contributed by atoms with Gasteiger partial charge in [0, 0.05) is 13.5 Å². The Labute approximate surface area is 141 Å². The predicted octanol–water partition coefficient (Wildman–Crippen LogP) is 2.51. The van der Waals surface area contributed by atoms with E-state index in [4.69, 9.17) is 4.52 Å². The molecule has 2 N–H and O–H groups in total. The Morgan fingerprint density at radius 3 is 3.04 bits per heavy atom. The molecule has 8 nitrogen and oxygen atoms in total. The first-order valence-electron chi connectivity index (χ1n) is 7.43. The average Bonchev–Trinajstić information content (AvgIpc) is 3.15. The molecule has 0 fully saturated rings. The molecule has 24 heavy (non-hydrogen) atoms. The van der Waals surface area contributed by atoms with Gasteiger partial charge in [-0.05, 0) is 18.4 Å². The Kier molecular flexibility index (Phi) is 4.34. The highest BCUT2D eigenvalue weighted by molar-refractivity contribution is 7.17. The van der Waals surface area contributed by atoms with Crippen molar-refractivity contribution in [3.8, 4) is 0 Å². The molecule has 3 aromatic rings. The highest BCUT2D eigenvalue weighted by Crippen LogP contribution is 2.21. The number of fused-ring (bicyclic) bond motifs is 1. The fourth-order valence-electron chi connectivity index (χ4n) is 2.31. The number of nitrogens with zero attached hydrogens (tertiary/aromatic N) is 3. The number of hydrogen-bond acceptors (Lipinski definition) is 6. The normalized spacial score (nSPS) is 11.0. The lowest BCUT2D eigenvalue weighted by Gasteiger charge is -2.17. The molecule has 0 atom stereocenters. The van der Waals surface area contributed by atoms with E-state index in [0.717, 1.165) is 0 Å². The smallest absolute Gasteiger partial charge is 0.322 e. The van der Waals surface area contributed by atoms with Gasteiger partial charge in [-0.15, -0.1) is 11.3 Å². The van der Waals surface area contributed by atoms with Crippen molar-refractivity contribution in [2.45, 2.75) is 26.8 Å². The van der Waals surface area contributed by atoms with Gasteiger partial charge in [0.1, 0.15) is 21.9 Å². The first kappa shape index (κ1) is 16.2. The quantitative estimate of drug-likeness (QED) is 0.754. The van der Waals surface area contributed by atoms with Crippen LogP contribution in [0.15, 0.2) is 20.8 Å². The maximum atomic E-state index is 12.4. The second kappa shape index (κ2) is 6.44. The van der Waals surface area contributed by atoms with Gasteiger partial charge in [-0.2, -0.15) is 0 Å². The minimum atomic E-state index is -0.330. The zero-order chi connectivity index (χ0) is 17.3. The molecule has 3 heterocycles. The number of aromatic nitrogens is 3. The van der Waals surface area contributed by atoms with E-state index in [1.807, 2.05) is 12.3 Å². The van der Waals surface area contributed by atoms with Gasteiger partial charge in [0.15, 0.2) is 5.76 Å². The number of nitrogens with one attached hydrogen (secondary N) is 2. The van der Waals surface area contributed by atoms with E-state index < -0.39 is 0 Å². The number of H-pyrrole nitrogens is 1. The van der Waals surface area contributed by atoms with Crippen molar-refractivity contribution in [3.63, 3.8) is 0 Å². The van der Waals surface area contributed by atoms with Crippen LogP contribution in [0.4, 0.5) is 10.5 Å². The van der Waals surface area contributed by atoms with Crippen molar-refractivity contribution in [2.24, 2.45) is 0 Å². The van der Waals surface area contributed by atoms with Crippen molar-refractivity contribution in [3.05, 3.63) is 39.1 Å². The molecule has 9 heteroatoms. The van der Waals surface area contributed by atoms with Crippen molar-refractivity contribution in [2.75, 3.05) is 12.4 Å². The lowest BCUT2D eigenvalue weighted by Crippen LogP contribution is -2.32. The highest BCUT2D eigenvalue weighted by Gasteiger charge is 2.17. The molecule has 0 unspecified atom stereocenters. The summed E-state index contributed by atoms with van der Waals surface area (Å²) in [5, 5.41) is 8.46. The molecule has 3 rings (SSSR count). The monoisotopic (exact) mass is 347 g/mol. The first-order valence-corrected chi connectivity index (χ1v) is 8.31. The van der Waals surface area contributed by atoms with Gasteiger partial charge in [0.25, 0.3) is 5.56 Å². The van der Waals surface area contributed by atoms with E-state index in [-0.39, 0.29) is 18.1 Å². The highest BCUT2D eigenvalue weighted by atomic mass is 32.1. The zero-order valence-electron chi connectivity index (χ0n) is 13.5. The van der Waals surface area contributed by atoms with Gasteiger partial charge in [-0.25, -0.2) is 9.78 Å². The molecule has 0 spiro atoms. The molecule has 0 aliphatic carbocycles. The number of thiophene rings is 1. The van der Waals surface area contributed by atoms with Crippen LogP contribution in [0.3, 0.4) is 0 Å². The van der Waals surface area contributed by atoms with Crippen LogP contribution in [0.2, 0.25) is 0 Å². The van der Waals surface area contributed by atoms with E-state index in [2.05, 4.69) is 20.4 Å². The van der Waals surface area contributed by atoms with Crippen molar-refractivity contribution in [1.82, 2.24) is 20.0 Å². The number of aryl methyl sites for hydroxylation is 2. The Hall–Kier alpha value is -2.68. The number of carbonyl (C=O) groups excluding carboxylic acids is 1. The first-order chi connectivity index (χ1) is 11.5. The Morgan fingerprint density at radius 2 is 2.29 bits per heavy atom. The molecule has 0 aliphatic heterocycles. The minimum Gasteiger partial charge on any atom is -0.359 e. The third-order valence-electron chi connectivity index (χ3n) is 3.58. The number of amides is 2. The third kappa shape index (κ3) is 3.02. The van der Waals surface area contributed by atoms with E-state index in [9.17, 15) is 9.59 Å². The Balaban J connectivity index is 1.75. The summed E-state index contributed by atoms with van der Waals surface area (Å²) in [7, 11) is 1.63. The minimum absolute atomic E-state index is 0.179. The maximum absolute atomic E-state index is 12.4. The standard InChI is InChI=1S/C15H17N5O3S/c1-4-10-12(8(2)19-23-10)18-15(22)20(3)7-11-16-9-5-6-24-13(9)14(21)17-11/h5-6H,4,7H2,1-3H3,(H,18,22)(H,16,17,21). The molecule has 126 valence electrons. The molecule has 0 saturated carbocycles. The summed E-state index contributed by atoms with van der Waals surface area (Å²) < 4.78 is 5.74. The zero-order valence-corrected chi connectivity index (χ0v) is 14.4. The van der Waals surface area contributed by atoms with Crippen LogP contribution >= 0.6 is 11.3 Å². The van der Waals surface area contributed by atoms with E-state index >= 15 is 0 Å². The summed E-state index contributed by atoms with van der Waals surface area (Å²) in [5.41, 5.74) is 1.65. The van der Waals surface area contributed by atoms with Gasteiger partial charge >= 0.3 is 6.03 Å². The molecule has 0 radical (unpaired) electrons. The van der Waals surface area contributed by atoms with Crippen LogP contribution < -0.4 is 10.9 Å². The molecular formula is C15H17N5O3S. The summed E-state index contributed by atoms with van der Waals surface area (Å²) in [5.74, 6) is 1.06. The Morgan fingerprint density at radius 1 is 1.50 bits per heavy atom. The van der Waals surface area contributed by atoms with Crippen molar-refractivity contribution >= 4 is 33.3 Å². The average molecular weight is 347 g/mol. The second-order valence-corrected chi connectivity index (χ2v) is 6.27. The summed E-state index contributed by atoms with van der Waals surface area (Å²) >= 11 is 1.34. The number of aromatic amines is 1. The Bertz CT molecular complexity index is 942.